The molecule has 6 heteroatoms. The Morgan fingerprint density at radius 3 is 2.26 bits per heavy atom. The van der Waals surface area contributed by atoms with E-state index >= 15 is 0 Å². The highest BCUT2D eigenvalue weighted by Gasteiger charge is 2.09. The van der Waals surface area contributed by atoms with Gasteiger partial charge in [-0.1, -0.05) is 0 Å². The van der Waals surface area contributed by atoms with Gasteiger partial charge in [0, 0.05) is 15.7 Å². The SMILES string of the molecule is CC(=O)c1ccc(NC(C#N)=C(C#N)C#N)cc1Br. The molecule has 0 aliphatic heterocycles. The molecule has 0 saturated carbocycles. The number of hydrogen-bond donors (Lipinski definition) is 1. The second-order valence-electron chi connectivity index (χ2n) is 3.46. The van der Waals surface area contributed by atoms with E-state index in [9.17, 15) is 4.79 Å². The molecule has 0 radical (unpaired) electrons. The van der Waals surface area contributed by atoms with Gasteiger partial charge in [0.15, 0.2) is 11.4 Å². The van der Waals surface area contributed by atoms with Crippen molar-refractivity contribution in [3.05, 3.63) is 39.5 Å². The molecule has 0 amide bonds. The molecule has 0 atom stereocenters. The Balaban J connectivity index is 3.16. The Hall–Kier alpha value is -2.62. The minimum absolute atomic E-state index is 0.0933. The molecule has 0 spiro atoms. The fraction of sp³-hybridized carbons (Fsp3) is 0.0769. The van der Waals surface area contributed by atoms with Crippen LogP contribution < -0.4 is 5.32 Å². The van der Waals surface area contributed by atoms with Crippen molar-refractivity contribution in [2.75, 3.05) is 5.32 Å². The van der Waals surface area contributed by atoms with Gasteiger partial charge in [-0.15, -0.1) is 0 Å². The quantitative estimate of drug-likeness (QED) is 0.682. The molecular weight excluding hydrogens is 308 g/mol. The Bertz CT molecular complexity index is 670. The second-order valence-corrected chi connectivity index (χ2v) is 4.32. The Morgan fingerprint density at radius 1 is 1.21 bits per heavy atom. The van der Waals surface area contributed by atoms with Crippen molar-refractivity contribution in [3.8, 4) is 18.2 Å². The summed E-state index contributed by atoms with van der Waals surface area (Å²) in [5.41, 5.74) is 0.576. The van der Waals surface area contributed by atoms with E-state index in [2.05, 4.69) is 21.2 Å². The van der Waals surface area contributed by atoms with E-state index in [1.807, 2.05) is 0 Å². The number of Topliss-reactive ketones (excluding diaryl/α,β-unsaturated/α-hetero) is 1. The van der Waals surface area contributed by atoms with E-state index in [1.165, 1.54) is 6.92 Å². The van der Waals surface area contributed by atoms with Crippen LogP contribution in [0.5, 0.6) is 0 Å². The molecule has 5 nitrogen and oxygen atoms in total. The average molecular weight is 315 g/mol. The number of carbonyl (C=O) groups excluding carboxylic acids is 1. The van der Waals surface area contributed by atoms with Gasteiger partial charge in [0.1, 0.15) is 23.9 Å². The first-order valence-electron chi connectivity index (χ1n) is 5.05. The predicted octanol–water partition coefficient (Wildman–Crippen LogP) is 2.89. The molecular formula is C13H7BrN4O. The summed E-state index contributed by atoms with van der Waals surface area (Å²) in [5.74, 6) is -0.0933. The van der Waals surface area contributed by atoms with Crippen molar-refractivity contribution < 1.29 is 4.79 Å². The molecule has 1 N–H and O–H groups in total. The lowest BCUT2D eigenvalue weighted by Crippen LogP contribution is -2.02. The van der Waals surface area contributed by atoms with Gasteiger partial charge in [-0.2, -0.15) is 15.8 Å². The van der Waals surface area contributed by atoms with E-state index in [-0.39, 0.29) is 17.1 Å². The van der Waals surface area contributed by atoms with Crippen molar-refractivity contribution in [3.63, 3.8) is 0 Å². The highest BCUT2D eigenvalue weighted by Crippen LogP contribution is 2.23. The number of benzene rings is 1. The van der Waals surface area contributed by atoms with Crippen LogP contribution in [0.4, 0.5) is 5.69 Å². The van der Waals surface area contributed by atoms with Gasteiger partial charge in [0.25, 0.3) is 0 Å². The maximum atomic E-state index is 11.3. The normalized spacial score (nSPS) is 8.58. The van der Waals surface area contributed by atoms with Gasteiger partial charge >= 0.3 is 0 Å². The maximum absolute atomic E-state index is 11.3. The summed E-state index contributed by atoms with van der Waals surface area (Å²) in [6.45, 7) is 1.44. The molecule has 1 aromatic rings. The number of nitrogens with zero attached hydrogens (tertiary/aromatic N) is 3. The first-order valence-corrected chi connectivity index (χ1v) is 5.84. The third-order valence-electron chi connectivity index (χ3n) is 2.20. The Morgan fingerprint density at radius 2 is 1.84 bits per heavy atom. The highest BCUT2D eigenvalue weighted by molar-refractivity contribution is 9.10. The zero-order valence-corrected chi connectivity index (χ0v) is 11.4. The van der Waals surface area contributed by atoms with E-state index in [0.29, 0.717) is 15.7 Å². The number of anilines is 1. The van der Waals surface area contributed by atoms with Crippen molar-refractivity contribution in [1.82, 2.24) is 0 Å². The van der Waals surface area contributed by atoms with Crippen LogP contribution in [0.25, 0.3) is 0 Å². The van der Waals surface area contributed by atoms with Gasteiger partial charge in [-0.3, -0.25) is 4.79 Å². The predicted molar refractivity (Wildman–Crippen MR) is 71.6 cm³/mol. The molecule has 0 heterocycles. The number of carbonyl (C=O) groups is 1. The molecule has 0 bridgehead atoms. The summed E-state index contributed by atoms with van der Waals surface area (Å²) in [5, 5.41) is 29.0. The minimum Gasteiger partial charge on any atom is -0.345 e. The number of nitriles is 3. The van der Waals surface area contributed by atoms with Crippen LogP contribution in [-0.4, -0.2) is 5.78 Å². The molecule has 0 unspecified atom stereocenters. The lowest BCUT2D eigenvalue weighted by Gasteiger charge is -2.07. The molecule has 92 valence electrons. The summed E-state index contributed by atoms with van der Waals surface area (Å²) >= 11 is 3.24. The molecule has 0 aliphatic carbocycles. The fourth-order valence-electron chi connectivity index (χ4n) is 1.31. The van der Waals surface area contributed by atoms with Crippen molar-refractivity contribution >= 4 is 27.4 Å². The fourth-order valence-corrected chi connectivity index (χ4v) is 1.96. The van der Waals surface area contributed by atoms with Gasteiger partial charge in [-0.25, -0.2) is 0 Å². The van der Waals surface area contributed by atoms with Crippen LogP contribution >= 0.6 is 15.9 Å². The Kier molecular flexibility index (Phi) is 4.83. The minimum atomic E-state index is -0.297. The number of halogens is 1. The molecule has 0 aromatic heterocycles. The molecule has 1 aromatic carbocycles. The van der Waals surface area contributed by atoms with Crippen LogP contribution in [0.2, 0.25) is 0 Å². The zero-order valence-electron chi connectivity index (χ0n) is 9.86. The molecule has 1 rings (SSSR count). The van der Waals surface area contributed by atoms with Crippen molar-refractivity contribution in [2.24, 2.45) is 0 Å². The topological polar surface area (TPSA) is 100 Å². The lowest BCUT2D eigenvalue weighted by atomic mass is 10.1. The molecule has 19 heavy (non-hydrogen) atoms. The van der Waals surface area contributed by atoms with E-state index in [1.54, 1.807) is 36.4 Å². The number of allylic oxidation sites excluding steroid dienone is 2. The standard InChI is InChI=1S/C13H7BrN4O/c1-8(19)11-3-2-10(4-12(11)14)18-13(7-17)9(5-15)6-16/h2-4,18H,1H3. The summed E-state index contributed by atoms with van der Waals surface area (Å²) in [6.07, 6.45) is 0. The van der Waals surface area contributed by atoms with Gasteiger partial charge < -0.3 is 5.32 Å². The molecule has 0 fully saturated rings. The van der Waals surface area contributed by atoms with Crippen LogP contribution in [0.1, 0.15) is 17.3 Å². The van der Waals surface area contributed by atoms with E-state index < -0.39 is 0 Å². The summed E-state index contributed by atoms with van der Waals surface area (Å²) in [4.78, 5) is 11.3. The van der Waals surface area contributed by atoms with Crippen LogP contribution in [-0.2, 0) is 0 Å². The van der Waals surface area contributed by atoms with Crippen molar-refractivity contribution in [1.29, 1.82) is 15.8 Å². The number of nitrogens with one attached hydrogen (secondary N) is 1. The number of ketones is 1. The monoisotopic (exact) mass is 314 g/mol. The van der Waals surface area contributed by atoms with Gasteiger partial charge in [0.2, 0.25) is 0 Å². The summed E-state index contributed by atoms with van der Waals surface area (Å²) < 4.78 is 0.567. The highest BCUT2D eigenvalue weighted by atomic mass is 79.9. The van der Waals surface area contributed by atoms with E-state index in [4.69, 9.17) is 15.8 Å². The van der Waals surface area contributed by atoms with Crippen molar-refractivity contribution in [2.45, 2.75) is 6.92 Å². The van der Waals surface area contributed by atoms with Crippen LogP contribution in [0.15, 0.2) is 33.9 Å². The first kappa shape index (κ1) is 14.4. The summed E-state index contributed by atoms with van der Waals surface area (Å²) in [6, 6.07) is 9.79. The largest absolute Gasteiger partial charge is 0.345 e. The average Bonchev–Trinajstić information content (AvgIpc) is 2.38. The Labute approximate surface area is 118 Å². The smallest absolute Gasteiger partial charge is 0.163 e. The molecule has 0 aliphatic rings. The van der Waals surface area contributed by atoms with Crippen LogP contribution in [0.3, 0.4) is 0 Å². The third kappa shape index (κ3) is 3.42. The van der Waals surface area contributed by atoms with Gasteiger partial charge in [-0.05, 0) is 41.1 Å². The summed E-state index contributed by atoms with van der Waals surface area (Å²) in [7, 11) is 0. The van der Waals surface area contributed by atoms with Crippen LogP contribution in [0, 0.1) is 34.0 Å². The lowest BCUT2D eigenvalue weighted by molar-refractivity contribution is 0.101. The number of hydrogen-bond acceptors (Lipinski definition) is 5. The zero-order chi connectivity index (χ0) is 14.4. The number of rotatable bonds is 3. The third-order valence-corrected chi connectivity index (χ3v) is 2.86. The van der Waals surface area contributed by atoms with E-state index in [0.717, 1.165) is 0 Å². The first-order chi connectivity index (χ1) is 9.03. The molecule has 0 saturated heterocycles. The van der Waals surface area contributed by atoms with Gasteiger partial charge in [0.05, 0.1) is 0 Å². The maximum Gasteiger partial charge on any atom is 0.163 e. The second kappa shape index (κ2) is 6.35.